The number of fused-ring (bicyclic) bond motifs is 1. The van der Waals surface area contributed by atoms with Gasteiger partial charge in [0.2, 0.25) is 0 Å². The number of pyridine rings is 1. The van der Waals surface area contributed by atoms with Crippen LogP contribution in [0, 0.1) is 0 Å². The minimum atomic E-state index is -0.0277. The molecular formula is C20H15N3. The highest BCUT2D eigenvalue weighted by Crippen LogP contribution is 2.38. The number of nitrogens with zero attached hydrogens (tertiary/aromatic N) is 1. The molecule has 1 aromatic heterocycles. The molecule has 0 radical (unpaired) electrons. The quantitative estimate of drug-likeness (QED) is 0.523. The molecule has 0 atom stereocenters. The Balaban J connectivity index is 1.62. The average Bonchev–Trinajstić information content (AvgIpc) is 2.62. The summed E-state index contributed by atoms with van der Waals surface area (Å²) >= 11 is 0. The highest BCUT2D eigenvalue weighted by molar-refractivity contribution is 6.04. The van der Waals surface area contributed by atoms with Crippen LogP contribution in [0.4, 0.5) is 11.4 Å². The van der Waals surface area contributed by atoms with Gasteiger partial charge in [-0.1, -0.05) is 48.5 Å². The summed E-state index contributed by atoms with van der Waals surface area (Å²) in [5.74, 6) is 0. The highest BCUT2D eigenvalue weighted by Gasteiger charge is 2.21. The zero-order chi connectivity index (χ0) is 15.2. The van der Waals surface area contributed by atoms with Crippen molar-refractivity contribution >= 4 is 33.1 Å². The third-order valence-electron chi connectivity index (χ3n) is 4.42. The number of nitrogens with one attached hydrogen (secondary N) is 2. The van der Waals surface area contributed by atoms with Crippen molar-refractivity contribution in [2.75, 3.05) is 10.6 Å². The van der Waals surface area contributed by atoms with Gasteiger partial charge in [-0.15, -0.1) is 0 Å². The normalized spacial score (nSPS) is 13.7. The summed E-state index contributed by atoms with van der Waals surface area (Å²) in [6.45, 7) is 0. The monoisotopic (exact) mass is 297 g/mol. The fraction of sp³-hybridized carbons (Fsp3) is 0.0500. The molecule has 2 N–H and O–H groups in total. The van der Waals surface area contributed by atoms with Gasteiger partial charge in [-0.05, 0) is 29.7 Å². The van der Waals surface area contributed by atoms with Crippen molar-refractivity contribution in [2.45, 2.75) is 6.17 Å². The lowest BCUT2D eigenvalue weighted by Crippen LogP contribution is -2.24. The second-order valence-corrected chi connectivity index (χ2v) is 5.86. The molecule has 2 heterocycles. The zero-order valence-corrected chi connectivity index (χ0v) is 12.5. The predicted molar refractivity (Wildman–Crippen MR) is 95.7 cm³/mol. The van der Waals surface area contributed by atoms with E-state index in [-0.39, 0.29) is 6.17 Å². The van der Waals surface area contributed by atoms with Crippen LogP contribution < -0.4 is 10.6 Å². The van der Waals surface area contributed by atoms with Crippen LogP contribution in [0.15, 0.2) is 72.8 Å². The van der Waals surface area contributed by atoms with Gasteiger partial charge in [-0.2, -0.15) is 0 Å². The number of benzene rings is 3. The molecule has 0 unspecified atom stereocenters. The number of aromatic nitrogens is 1. The first-order valence-corrected chi connectivity index (χ1v) is 7.79. The molecule has 4 aromatic rings. The number of rotatable bonds is 1. The van der Waals surface area contributed by atoms with E-state index in [0.717, 1.165) is 28.0 Å². The Morgan fingerprint density at radius 2 is 1.35 bits per heavy atom. The van der Waals surface area contributed by atoms with Gasteiger partial charge in [0.05, 0.1) is 11.2 Å². The zero-order valence-electron chi connectivity index (χ0n) is 12.5. The Hall–Kier alpha value is -3.07. The Bertz CT molecular complexity index is 998. The van der Waals surface area contributed by atoms with E-state index in [9.17, 15) is 0 Å². The van der Waals surface area contributed by atoms with Crippen molar-refractivity contribution in [1.82, 2.24) is 4.98 Å². The van der Waals surface area contributed by atoms with E-state index in [0.29, 0.717) is 0 Å². The maximum absolute atomic E-state index is 4.81. The summed E-state index contributed by atoms with van der Waals surface area (Å²) in [6, 6.07) is 25.1. The topological polar surface area (TPSA) is 37.0 Å². The Kier molecular flexibility index (Phi) is 2.56. The van der Waals surface area contributed by atoms with Crippen LogP contribution >= 0.6 is 0 Å². The maximum Gasteiger partial charge on any atom is 0.141 e. The number of hydrogen-bond donors (Lipinski definition) is 2. The third kappa shape index (κ3) is 1.94. The summed E-state index contributed by atoms with van der Waals surface area (Å²) in [5.41, 5.74) is 4.31. The van der Waals surface area contributed by atoms with E-state index in [1.807, 2.05) is 12.1 Å². The van der Waals surface area contributed by atoms with Crippen molar-refractivity contribution in [1.29, 1.82) is 0 Å². The largest absolute Gasteiger partial charge is 0.360 e. The van der Waals surface area contributed by atoms with E-state index in [1.54, 1.807) is 0 Å². The Morgan fingerprint density at radius 1 is 0.652 bits per heavy atom. The van der Waals surface area contributed by atoms with E-state index < -0.39 is 0 Å². The first-order valence-electron chi connectivity index (χ1n) is 7.79. The van der Waals surface area contributed by atoms with Gasteiger partial charge in [0.15, 0.2) is 0 Å². The van der Waals surface area contributed by atoms with Crippen LogP contribution in [0.3, 0.4) is 0 Å². The van der Waals surface area contributed by atoms with Crippen LogP contribution in [0.2, 0.25) is 0 Å². The molecule has 0 aliphatic carbocycles. The van der Waals surface area contributed by atoms with Crippen molar-refractivity contribution in [2.24, 2.45) is 0 Å². The molecule has 1 aliphatic heterocycles. The minimum absolute atomic E-state index is 0.0277. The molecule has 0 amide bonds. The number of anilines is 2. The SMILES string of the molecule is c1ccc2nc(C3Nc4cccc5cccc(c45)N3)ccc2c1. The summed E-state index contributed by atoms with van der Waals surface area (Å²) in [7, 11) is 0. The molecule has 3 aromatic carbocycles. The smallest absolute Gasteiger partial charge is 0.141 e. The lowest BCUT2D eigenvalue weighted by Gasteiger charge is -2.29. The first-order chi connectivity index (χ1) is 11.4. The fourth-order valence-electron chi connectivity index (χ4n) is 3.32. The van der Waals surface area contributed by atoms with Gasteiger partial charge in [-0.25, -0.2) is 4.98 Å². The molecule has 1 aliphatic rings. The standard InChI is InChI=1S/C20H15N3/c1-2-8-15-13(5-1)11-12-18(21-15)20-22-16-9-3-6-14-7-4-10-17(23-20)19(14)16/h1-12,20,22-23H. The number of para-hydroxylation sites is 1. The summed E-state index contributed by atoms with van der Waals surface area (Å²) in [4.78, 5) is 4.81. The summed E-state index contributed by atoms with van der Waals surface area (Å²) in [5, 5.41) is 10.8. The fourth-order valence-corrected chi connectivity index (χ4v) is 3.32. The van der Waals surface area contributed by atoms with Crippen molar-refractivity contribution in [3.63, 3.8) is 0 Å². The van der Waals surface area contributed by atoms with Gasteiger partial charge >= 0.3 is 0 Å². The highest BCUT2D eigenvalue weighted by atomic mass is 15.2. The van der Waals surface area contributed by atoms with Gasteiger partial charge < -0.3 is 10.6 Å². The van der Waals surface area contributed by atoms with Gasteiger partial charge in [0.25, 0.3) is 0 Å². The van der Waals surface area contributed by atoms with Crippen molar-refractivity contribution < 1.29 is 0 Å². The maximum atomic E-state index is 4.81. The van der Waals surface area contributed by atoms with Gasteiger partial charge in [-0.3, -0.25) is 0 Å². The predicted octanol–water partition coefficient (Wildman–Crippen LogP) is 4.92. The van der Waals surface area contributed by atoms with E-state index in [2.05, 4.69) is 71.3 Å². The summed E-state index contributed by atoms with van der Waals surface area (Å²) in [6.07, 6.45) is -0.0277. The van der Waals surface area contributed by atoms with Crippen LogP contribution in [-0.4, -0.2) is 4.98 Å². The molecule has 0 saturated heterocycles. The molecule has 0 fully saturated rings. The van der Waals surface area contributed by atoms with E-state index in [1.165, 1.54) is 10.8 Å². The van der Waals surface area contributed by atoms with Crippen LogP contribution in [-0.2, 0) is 0 Å². The van der Waals surface area contributed by atoms with Crippen LogP contribution in [0.25, 0.3) is 21.7 Å². The van der Waals surface area contributed by atoms with E-state index in [4.69, 9.17) is 4.98 Å². The first kappa shape index (κ1) is 12.5. The molecule has 5 rings (SSSR count). The molecular weight excluding hydrogens is 282 g/mol. The molecule has 0 bridgehead atoms. The molecule has 110 valence electrons. The molecule has 3 nitrogen and oxygen atoms in total. The van der Waals surface area contributed by atoms with Crippen LogP contribution in [0.1, 0.15) is 11.9 Å². The average molecular weight is 297 g/mol. The van der Waals surface area contributed by atoms with Crippen LogP contribution in [0.5, 0.6) is 0 Å². The second-order valence-electron chi connectivity index (χ2n) is 5.86. The lowest BCUT2D eigenvalue weighted by atomic mass is 10.0. The Labute approximate surface area is 134 Å². The molecule has 0 saturated carbocycles. The van der Waals surface area contributed by atoms with Gasteiger partial charge in [0.1, 0.15) is 6.17 Å². The number of hydrogen-bond acceptors (Lipinski definition) is 3. The van der Waals surface area contributed by atoms with Gasteiger partial charge in [0, 0.05) is 22.1 Å². The lowest BCUT2D eigenvalue weighted by molar-refractivity contribution is 0.859. The second kappa shape index (κ2) is 4.71. The molecule has 23 heavy (non-hydrogen) atoms. The summed E-state index contributed by atoms with van der Waals surface area (Å²) < 4.78 is 0. The molecule has 0 spiro atoms. The van der Waals surface area contributed by atoms with Crippen molar-refractivity contribution in [3.05, 3.63) is 78.5 Å². The molecule has 3 heteroatoms. The van der Waals surface area contributed by atoms with Crippen molar-refractivity contribution in [3.8, 4) is 0 Å². The Morgan fingerprint density at radius 3 is 2.13 bits per heavy atom. The van der Waals surface area contributed by atoms with E-state index >= 15 is 0 Å². The third-order valence-corrected chi connectivity index (χ3v) is 4.42. The minimum Gasteiger partial charge on any atom is -0.360 e.